The number of aromatic carboxylic acids is 1. The van der Waals surface area contributed by atoms with Gasteiger partial charge in [0.05, 0.1) is 11.1 Å². The Morgan fingerprint density at radius 1 is 1.50 bits per heavy atom. The predicted molar refractivity (Wildman–Crippen MR) is 81.6 cm³/mol. The molecule has 1 aromatic carbocycles. The fourth-order valence-corrected chi connectivity index (χ4v) is 3.44. The highest BCUT2D eigenvalue weighted by Crippen LogP contribution is 2.49. The molecule has 0 aliphatic heterocycles. The van der Waals surface area contributed by atoms with Crippen molar-refractivity contribution in [2.45, 2.75) is 37.5 Å². The van der Waals surface area contributed by atoms with Crippen LogP contribution in [0.4, 0.5) is 0 Å². The molecule has 1 N–H and O–H groups in total. The van der Waals surface area contributed by atoms with E-state index in [-0.39, 0.29) is 0 Å². The van der Waals surface area contributed by atoms with Gasteiger partial charge in [-0.25, -0.2) is 9.78 Å². The molecule has 1 aliphatic rings. The quantitative estimate of drug-likeness (QED) is 0.919. The van der Waals surface area contributed by atoms with Crippen molar-refractivity contribution in [3.63, 3.8) is 0 Å². The summed E-state index contributed by atoms with van der Waals surface area (Å²) < 4.78 is 2.54. The molecule has 0 atom stereocenters. The molecule has 1 fully saturated rings. The average molecular weight is 290 g/mol. The first kappa shape index (κ1) is 13.5. The van der Waals surface area contributed by atoms with Crippen LogP contribution in [0.25, 0.3) is 11.0 Å². The lowest BCUT2D eigenvalue weighted by Gasteiger charge is -2.15. The maximum absolute atomic E-state index is 11.3. The summed E-state index contributed by atoms with van der Waals surface area (Å²) in [7, 11) is 0. The van der Waals surface area contributed by atoms with E-state index in [1.807, 2.05) is 23.9 Å². The van der Waals surface area contributed by atoms with Crippen LogP contribution in [0, 0.1) is 0 Å². The van der Waals surface area contributed by atoms with Crippen molar-refractivity contribution in [3.05, 3.63) is 29.6 Å². The number of hydrogen-bond donors (Lipinski definition) is 1. The van der Waals surface area contributed by atoms with Gasteiger partial charge in [-0.2, -0.15) is 11.8 Å². The zero-order chi connectivity index (χ0) is 14.3. The SMILES string of the molecule is CCc1nc2c(C(=O)O)cccc2n1CC1(SC)CC1. The number of rotatable bonds is 5. The Morgan fingerprint density at radius 3 is 2.80 bits per heavy atom. The first-order chi connectivity index (χ1) is 9.60. The molecule has 0 unspecified atom stereocenters. The summed E-state index contributed by atoms with van der Waals surface area (Å²) in [6.45, 7) is 2.99. The number of carboxylic acid groups (broad SMARTS) is 1. The summed E-state index contributed by atoms with van der Waals surface area (Å²) in [5.74, 6) is 0.0722. The minimum Gasteiger partial charge on any atom is -0.478 e. The van der Waals surface area contributed by atoms with Crippen molar-refractivity contribution in [3.8, 4) is 0 Å². The summed E-state index contributed by atoms with van der Waals surface area (Å²) in [6.07, 6.45) is 5.43. The van der Waals surface area contributed by atoms with Crippen LogP contribution in [0.15, 0.2) is 18.2 Å². The second kappa shape index (κ2) is 4.81. The third-order valence-electron chi connectivity index (χ3n) is 4.09. The van der Waals surface area contributed by atoms with E-state index in [4.69, 9.17) is 0 Å². The molecule has 106 valence electrons. The molecule has 4 nitrogen and oxygen atoms in total. The Hall–Kier alpha value is -1.49. The van der Waals surface area contributed by atoms with Gasteiger partial charge in [-0.05, 0) is 31.2 Å². The van der Waals surface area contributed by atoms with Gasteiger partial charge in [-0.3, -0.25) is 0 Å². The second-order valence-corrected chi connectivity index (χ2v) is 6.61. The van der Waals surface area contributed by atoms with Gasteiger partial charge in [0.1, 0.15) is 11.3 Å². The zero-order valence-electron chi connectivity index (χ0n) is 11.7. The minimum atomic E-state index is -0.908. The largest absolute Gasteiger partial charge is 0.478 e. The Labute approximate surface area is 122 Å². The first-order valence-electron chi connectivity index (χ1n) is 6.87. The molecule has 3 rings (SSSR count). The van der Waals surface area contributed by atoms with Crippen LogP contribution in [-0.4, -0.2) is 31.6 Å². The van der Waals surface area contributed by atoms with Gasteiger partial charge < -0.3 is 9.67 Å². The molecule has 0 amide bonds. The van der Waals surface area contributed by atoms with Crippen LogP contribution in [0.5, 0.6) is 0 Å². The topological polar surface area (TPSA) is 55.1 Å². The molecular formula is C15H18N2O2S. The highest BCUT2D eigenvalue weighted by Gasteiger charge is 2.42. The molecule has 0 saturated heterocycles. The van der Waals surface area contributed by atoms with Crippen molar-refractivity contribution < 1.29 is 9.90 Å². The van der Waals surface area contributed by atoms with Gasteiger partial charge in [0, 0.05) is 17.7 Å². The number of thioether (sulfide) groups is 1. The molecule has 20 heavy (non-hydrogen) atoms. The fourth-order valence-electron chi connectivity index (χ4n) is 2.67. The van der Waals surface area contributed by atoms with E-state index in [0.717, 1.165) is 24.3 Å². The molecule has 2 aromatic rings. The number of para-hydroxylation sites is 1. The Morgan fingerprint density at radius 2 is 2.25 bits per heavy atom. The molecule has 5 heteroatoms. The van der Waals surface area contributed by atoms with Crippen molar-refractivity contribution in [2.75, 3.05) is 6.26 Å². The molecular weight excluding hydrogens is 272 g/mol. The van der Waals surface area contributed by atoms with E-state index in [1.54, 1.807) is 6.07 Å². The number of aryl methyl sites for hydroxylation is 1. The van der Waals surface area contributed by atoms with E-state index in [0.29, 0.717) is 15.8 Å². The number of nitrogens with zero attached hydrogens (tertiary/aromatic N) is 2. The van der Waals surface area contributed by atoms with E-state index >= 15 is 0 Å². The van der Waals surface area contributed by atoms with Gasteiger partial charge in [0.25, 0.3) is 0 Å². The number of carbonyl (C=O) groups is 1. The number of aromatic nitrogens is 2. The van der Waals surface area contributed by atoms with Gasteiger partial charge in [-0.1, -0.05) is 13.0 Å². The highest BCUT2D eigenvalue weighted by molar-refractivity contribution is 8.00. The van der Waals surface area contributed by atoms with Crippen LogP contribution >= 0.6 is 11.8 Å². The average Bonchev–Trinajstić information content (AvgIpc) is 3.14. The lowest BCUT2D eigenvalue weighted by Crippen LogP contribution is -2.15. The van der Waals surface area contributed by atoms with Crippen molar-refractivity contribution >= 4 is 28.8 Å². The second-order valence-electron chi connectivity index (χ2n) is 5.33. The van der Waals surface area contributed by atoms with Gasteiger partial charge in [0.2, 0.25) is 0 Å². The van der Waals surface area contributed by atoms with E-state index in [2.05, 4.69) is 22.7 Å². The molecule has 1 aliphatic carbocycles. The van der Waals surface area contributed by atoms with Crippen molar-refractivity contribution in [1.29, 1.82) is 0 Å². The summed E-state index contributed by atoms with van der Waals surface area (Å²) >= 11 is 1.91. The molecule has 1 aromatic heterocycles. The zero-order valence-corrected chi connectivity index (χ0v) is 12.5. The third-order valence-corrected chi connectivity index (χ3v) is 5.49. The molecule has 1 heterocycles. The maximum Gasteiger partial charge on any atom is 0.337 e. The lowest BCUT2D eigenvalue weighted by molar-refractivity contribution is 0.0699. The number of carboxylic acids is 1. The van der Waals surface area contributed by atoms with E-state index < -0.39 is 5.97 Å². The van der Waals surface area contributed by atoms with Gasteiger partial charge >= 0.3 is 5.97 Å². The number of fused-ring (bicyclic) bond motifs is 1. The van der Waals surface area contributed by atoms with Crippen LogP contribution in [0.1, 0.15) is 35.9 Å². The van der Waals surface area contributed by atoms with Crippen LogP contribution < -0.4 is 0 Å². The molecule has 0 spiro atoms. The summed E-state index contributed by atoms with van der Waals surface area (Å²) in [4.78, 5) is 15.9. The standard InChI is InChI=1S/C15H18N2O2S/c1-3-12-16-13-10(14(18)19)5-4-6-11(13)17(12)9-15(20-2)7-8-15/h4-6H,3,7-9H2,1-2H3,(H,18,19). The maximum atomic E-state index is 11.3. The highest BCUT2D eigenvalue weighted by atomic mass is 32.2. The molecule has 0 bridgehead atoms. The van der Waals surface area contributed by atoms with Crippen molar-refractivity contribution in [2.24, 2.45) is 0 Å². The molecule has 1 saturated carbocycles. The number of benzene rings is 1. The van der Waals surface area contributed by atoms with E-state index in [1.165, 1.54) is 12.8 Å². The van der Waals surface area contributed by atoms with E-state index in [9.17, 15) is 9.90 Å². The molecule has 0 radical (unpaired) electrons. The third kappa shape index (κ3) is 2.10. The number of imidazole rings is 1. The van der Waals surface area contributed by atoms with Crippen LogP contribution in [0.2, 0.25) is 0 Å². The Balaban J connectivity index is 2.15. The van der Waals surface area contributed by atoms with Crippen LogP contribution in [0.3, 0.4) is 0 Å². The number of hydrogen-bond acceptors (Lipinski definition) is 3. The normalized spacial score (nSPS) is 16.5. The smallest absolute Gasteiger partial charge is 0.337 e. The fraction of sp³-hybridized carbons (Fsp3) is 0.467. The van der Waals surface area contributed by atoms with Gasteiger partial charge in [-0.15, -0.1) is 0 Å². The Kier molecular flexibility index (Phi) is 3.24. The van der Waals surface area contributed by atoms with Crippen LogP contribution in [-0.2, 0) is 13.0 Å². The van der Waals surface area contributed by atoms with Crippen molar-refractivity contribution in [1.82, 2.24) is 9.55 Å². The summed E-state index contributed by atoms with van der Waals surface area (Å²) in [5.41, 5.74) is 1.86. The first-order valence-corrected chi connectivity index (χ1v) is 8.09. The monoisotopic (exact) mass is 290 g/mol. The summed E-state index contributed by atoms with van der Waals surface area (Å²) in [6, 6.07) is 5.41. The summed E-state index contributed by atoms with van der Waals surface area (Å²) in [5, 5.41) is 9.29. The Bertz CT molecular complexity index is 674. The predicted octanol–water partition coefficient (Wildman–Crippen LogP) is 3.19. The minimum absolute atomic E-state index is 0.296. The lowest BCUT2D eigenvalue weighted by atomic mass is 10.2. The van der Waals surface area contributed by atoms with Gasteiger partial charge in [0.15, 0.2) is 0 Å².